The van der Waals surface area contributed by atoms with Gasteiger partial charge in [-0.15, -0.1) is 0 Å². The minimum absolute atomic E-state index is 0.466. The van der Waals surface area contributed by atoms with Gasteiger partial charge in [0.25, 0.3) is 0 Å². The van der Waals surface area contributed by atoms with E-state index in [9.17, 15) is 0 Å². The highest BCUT2D eigenvalue weighted by Gasteiger charge is 2.67. The first-order valence-electron chi connectivity index (χ1n) is 14.6. The van der Waals surface area contributed by atoms with Gasteiger partial charge in [0.1, 0.15) is 24.6 Å². The number of hydrogen-bond acceptors (Lipinski definition) is 4. The minimum Gasteiger partial charge on any atom is -0.456 e. The lowest BCUT2D eigenvalue weighted by molar-refractivity contribution is 0.0965. The summed E-state index contributed by atoms with van der Waals surface area (Å²) in [5.41, 5.74) is 6.27. The Bertz CT molecular complexity index is 1390. The molecule has 1 aromatic carbocycles. The molecule has 0 amide bonds. The van der Waals surface area contributed by atoms with Crippen molar-refractivity contribution in [2.45, 2.75) is 45.4 Å². The molecule has 5 nitrogen and oxygen atoms in total. The number of fused-ring (bicyclic) bond motifs is 3. The van der Waals surface area contributed by atoms with Crippen LogP contribution in [0.1, 0.15) is 44.6 Å². The summed E-state index contributed by atoms with van der Waals surface area (Å²) >= 11 is 0. The molecule has 3 saturated carbocycles. The van der Waals surface area contributed by atoms with Gasteiger partial charge >= 0.3 is 0 Å². The van der Waals surface area contributed by atoms with Crippen molar-refractivity contribution in [1.82, 2.24) is 4.58 Å². The zero-order valence-electron chi connectivity index (χ0n) is 22.1. The summed E-state index contributed by atoms with van der Waals surface area (Å²) in [5, 5.41) is 2.56. The van der Waals surface area contributed by atoms with E-state index in [1.807, 2.05) is 0 Å². The summed E-state index contributed by atoms with van der Waals surface area (Å²) in [6.07, 6.45) is 8.42. The van der Waals surface area contributed by atoms with Crippen LogP contribution in [0.5, 0.6) is 0 Å². The number of nitrogens with zero attached hydrogens (tertiary/aromatic N) is 2. The van der Waals surface area contributed by atoms with Crippen LogP contribution in [0.3, 0.4) is 0 Å². The molecule has 7 aliphatic rings. The summed E-state index contributed by atoms with van der Waals surface area (Å²) in [7, 11) is 0. The van der Waals surface area contributed by atoms with Gasteiger partial charge in [-0.05, 0) is 85.0 Å². The fourth-order valence-corrected chi connectivity index (χ4v) is 9.02. The second-order valence-electron chi connectivity index (χ2n) is 13.0. The first-order valence-corrected chi connectivity index (χ1v) is 14.6. The van der Waals surface area contributed by atoms with E-state index in [0.717, 1.165) is 75.8 Å². The number of morpholine rings is 2. The average Bonchev–Trinajstić information content (AvgIpc) is 3.49. The highest BCUT2D eigenvalue weighted by molar-refractivity contribution is 5.90. The lowest BCUT2D eigenvalue weighted by atomic mass is 9.64. The molecular weight excluding hydrogens is 460 g/mol. The number of rotatable bonds is 3. The third-order valence-corrected chi connectivity index (χ3v) is 10.4. The molecule has 0 aromatic heterocycles. The van der Waals surface area contributed by atoms with Crippen molar-refractivity contribution in [3.63, 3.8) is 0 Å². The van der Waals surface area contributed by atoms with E-state index in [4.69, 9.17) is 13.9 Å². The van der Waals surface area contributed by atoms with Gasteiger partial charge in [-0.25, -0.2) is 4.58 Å². The van der Waals surface area contributed by atoms with E-state index in [1.165, 1.54) is 66.1 Å². The van der Waals surface area contributed by atoms with E-state index < -0.39 is 0 Å². The van der Waals surface area contributed by atoms with E-state index in [2.05, 4.69) is 52.8 Å². The Hall–Kier alpha value is -2.37. The molecule has 3 aliphatic heterocycles. The van der Waals surface area contributed by atoms with Crippen LogP contribution in [0.15, 0.2) is 40.8 Å². The van der Waals surface area contributed by atoms with Crippen molar-refractivity contribution in [3.8, 4) is 11.3 Å². The fraction of sp³-hybridized carbons (Fsp3) is 0.594. The van der Waals surface area contributed by atoms with Gasteiger partial charge in [-0.3, -0.25) is 0 Å². The Labute approximate surface area is 219 Å². The number of hydrogen-bond donors (Lipinski definition) is 0. The Morgan fingerprint density at radius 1 is 0.919 bits per heavy atom. The second-order valence-corrected chi connectivity index (χ2v) is 13.0. The van der Waals surface area contributed by atoms with Gasteiger partial charge in [0.15, 0.2) is 13.1 Å². The van der Waals surface area contributed by atoms with Crippen LogP contribution in [0, 0.1) is 22.7 Å². The summed E-state index contributed by atoms with van der Waals surface area (Å²) in [5.74, 6) is 2.88. The summed E-state index contributed by atoms with van der Waals surface area (Å²) in [6.45, 7) is 9.46. The molecule has 2 bridgehead atoms. The molecule has 3 heterocycles. The first kappa shape index (κ1) is 22.6. The van der Waals surface area contributed by atoms with Crippen LogP contribution in [-0.4, -0.2) is 52.6 Å². The van der Waals surface area contributed by atoms with Crippen molar-refractivity contribution < 1.29 is 13.9 Å². The maximum absolute atomic E-state index is 6.75. The van der Waals surface area contributed by atoms with E-state index in [0.29, 0.717) is 10.8 Å². The quantitative estimate of drug-likeness (QED) is 0.378. The van der Waals surface area contributed by atoms with Crippen LogP contribution >= 0.6 is 0 Å². The summed E-state index contributed by atoms with van der Waals surface area (Å²) in [4.78, 5) is 2.43. The van der Waals surface area contributed by atoms with Gasteiger partial charge in [0.2, 0.25) is 5.36 Å². The van der Waals surface area contributed by atoms with Crippen molar-refractivity contribution in [3.05, 3.63) is 47.3 Å². The molecule has 1 spiro atoms. The van der Waals surface area contributed by atoms with Crippen LogP contribution in [-0.2, 0) is 15.9 Å². The molecule has 5 heteroatoms. The largest absolute Gasteiger partial charge is 0.456 e. The average molecular weight is 500 g/mol. The predicted octanol–water partition coefficient (Wildman–Crippen LogP) is 4.94. The van der Waals surface area contributed by atoms with Gasteiger partial charge < -0.3 is 18.8 Å². The van der Waals surface area contributed by atoms with E-state index in [-0.39, 0.29) is 0 Å². The molecule has 2 saturated heterocycles. The molecule has 4 atom stereocenters. The molecule has 194 valence electrons. The zero-order chi connectivity index (χ0) is 24.6. The van der Waals surface area contributed by atoms with Gasteiger partial charge in [-0.1, -0.05) is 6.92 Å². The normalized spacial score (nSPS) is 33.2. The molecule has 4 unspecified atom stereocenters. The Balaban J connectivity index is 1.28. The predicted molar refractivity (Wildman–Crippen MR) is 146 cm³/mol. The van der Waals surface area contributed by atoms with Crippen LogP contribution in [0.25, 0.3) is 22.3 Å². The van der Waals surface area contributed by atoms with E-state index in [1.54, 1.807) is 0 Å². The van der Waals surface area contributed by atoms with Gasteiger partial charge in [-0.2, -0.15) is 0 Å². The lowest BCUT2D eigenvalue weighted by Gasteiger charge is -2.41. The molecule has 0 N–H and O–H groups in total. The van der Waals surface area contributed by atoms with Crippen molar-refractivity contribution in [2.24, 2.45) is 22.7 Å². The lowest BCUT2D eigenvalue weighted by Crippen LogP contribution is -2.39. The molecule has 5 fully saturated rings. The molecule has 8 rings (SSSR count). The maximum atomic E-state index is 6.75. The molecule has 37 heavy (non-hydrogen) atoms. The summed E-state index contributed by atoms with van der Waals surface area (Å²) < 4.78 is 20.4. The third kappa shape index (κ3) is 3.76. The van der Waals surface area contributed by atoms with Crippen LogP contribution in [0.4, 0.5) is 5.69 Å². The topological polar surface area (TPSA) is 37.9 Å². The molecule has 1 aromatic rings. The number of ether oxygens (including phenoxy) is 2. The standard InChI is InChI=1S/C32H39N2O3/c1-22-16-31(18-23-19-32(23,17-22)21-31)20-28-26-4-2-24(33-6-10-35-11-7-33)14-29(26)37-30-15-25(3-5-27(28)30)34-8-12-36-13-9-34/h2-5,14-15,22-23H,6-13,16-21H2,1H3/q+1. The molecular formula is C32H39N2O3+. The maximum Gasteiger partial charge on any atom is 0.203 e. The molecule has 4 aliphatic carbocycles. The van der Waals surface area contributed by atoms with Crippen molar-refractivity contribution in [1.29, 1.82) is 0 Å². The summed E-state index contributed by atoms with van der Waals surface area (Å²) in [6, 6.07) is 13.9. The van der Waals surface area contributed by atoms with Crippen LogP contribution in [0.2, 0.25) is 0 Å². The SMILES string of the molecule is CC1CC2(Cc3c4ccc(=[N+]5CCOCC5)cc-4oc4cc(N5CCOCC5)ccc34)CC3CC3(C1)C2. The molecule has 0 radical (unpaired) electrons. The monoisotopic (exact) mass is 499 g/mol. The highest BCUT2D eigenvalue weighted by atomic mass is 16.5. The fourth-order valence-electron chi connectivity index (χ4n) is 9.02. The minimum atomic E-state index is 0.466. The Kier molecular flexibility index (Phi) is 5.08. The van der Waals surface area contributed by atoms with Crippen molar-refractivity contribution >= 4 is 16.7 Å². The highest BCUT2D eigenvalue weighted by Crippen LogP contribution is 2.76. The van der Waals surface area contributed by atoms with Crippen molar-refractivity contribution in [2.75, 3.05) is 57.5 Å². The smallest absolute Gasteiger partial charge is 0.203 e. The first-order chi connectivity index (χ1) is 18.1. The zero-order valence-corrected chi connectivity index (χ0v) is 22.1. The number of anilines is 1. The Morgan fingerprint density at radius 2 is 1.76 bits per heavy atom. The van der Waals surface area contributed by atoms with Crippen LogP contribution < -0.4 is 14.8 Å². The third-order valence-electron chi connectivity index (χ3n) is 10.4. The Morgan fingerprint density at radius 3 is 2.62 bits per heavy atom. The van der Waals surface area contributed by atoms with Gasteiger partial charge in [0.05, 0.1) is 19.3 Å². The number of benzene rings is 2. The second kappa shape index (κ2) is 8.31. The van der Waals surface area contributed by atoms with Gasteiger partial charge in [0, 0.05) is 41.9 Å². The van der Waals surface area contributed by atoms with E-state index >= 15 is 0 Å².